The van der Waals surface area contributed by atoms with Gasteiger partial charge in [-0.1, -0.05) is 13.3 Å². The van der Waals surface area contributed by atoms with Crippen molar-refractivity contribution < 1.29 is 9.90 Å². The van der Waals surface area contributed by atoms with E-state index in [0.717, 1.165) is 24.4 Å². The van der Waals surface area contributed by atoms with Crippen molar-refractivity contribution in [3.8, 4) is 0 Å². The van der Waals surface area contributed by atoms with Gasteiger partial charge in [0.15, 0.2) is 5.82 Å². The lowest BCUT2D eigenvalue weighted by Gasteiger charge is -2.14. The predicted molar refractivity (Wildman–Crippen MR) is 68.3 cm³/mol. The summed E-state index contributed by atoms with van der Waals surface area (Å²) in [5.41, 5.74) is 0. The van der Waals surface area contributed by atoms with Crippen LogP contribution >= 0.6 is 11.8 Å². The van der Waals surface area contributed by atoms with Crippen LogP contribution in [0.2, 0.25) is 0 Å². The van der Waals surface area contributed by atoms with E-state index >= 15 is 0 Å². The van der Waals surface area contributed by atoms with Gasteiger partial charge in [-0.05, 0) is 34.9 Å². The molecule has 6 nitrogen and oxygen atoms in total. The second kappa shape index (κ2) is 6.17. The van der Waals surface area contributed by atoms with E-state index in [1.54, 1.807) is 4.68 Å². The van der Waals surface area contributed by atoms with Crippen LogP contribution in [0.1, 0.15) is 43.7 Å². The molecule has 1 aliphatic rings. The lowest BCUT2D eigenvalue weighted by molar-refractivity contribution is -0.138. The Hall–Kier alpha value is -1.11. The molecule has 1 aromatic heterocycles. The number of aromatic nitrogens is 4. The fourth-order valence-electron chi connectivity index (χ4n) is 2.18. The number of tetrazole rings is 1. The summed E-state index contributed by atoms with van der Waals surface area (Å²) in [6.07, 6.45) is 3.31. The van der Waals surface area contributed by atoms with Gasteiger partial charge in [0.25, 0.3) is 0 Å². The van der Waals surface area contributed by atoms with E-state index in [1.807, 2.05) is 18.7 Å². The highest BCUT2D eigenvalue weighted by atomic mass is 32.2. The summed E-state index contributed by atoms with van der Waals surface area (Å²) in [4.78, 5) is 10.8. The molecule has 0 amide bonds. The van der Waals surface area contributed by atoms with Gasteiger partial charge in [-0.2, -0.15) is 11.8 Å². The van der Waals surface area contributed by atoms with Gasteiger partial charge in [0.2, 0.25) is 0 Å². The first-order valence-corrected chi connectivity index (χ1v) is 7.35. The maximum Gasteiger partial charge on any atom is 0.303 e. The van der Waals surface area contributed by atoms with Gasteiger partial charge in [0.1, 0.15) is 0 Å². The van der Waals surface area contributed by atoms with Crippen molar-refractivity contribution in [3.63, 3.8) is 0 Å². The van der Waals surface area contributed by atoms with E-state index in [4.69, 9.17) is 5.11 Å². The van der Waals surface area contributed by atoms with E-state index in [2.05, 4.69) is 15.5 Å². The molecule has 1 aromatic rings. The number of thioether (sulfide) groups is 1. The fraction of sp³-hybridized carbons (Fsp3) is 0.818. The van der Waals surface area contributed by atoms with Crippen molar-refractivity contribution >= 4 is 17.7 Å². The molecule has 0 spiro atoms. The average Bonchev–Trinajstić information content (AvgIpc) is 2.96. The highest BCUT2D eigenvalue weighted by Gasteiger charge is 2.25. The summed E-state index contributed by atoms with van der Waals surface area (Å²) >= 11 is 1.88. The Kier molecular flexibility index (Phi) is 4.57. The fourth-order valence-corrected chi connectivity index (χ4v) is 3.45. The number of hydrogen-bond donors (Lipinski definition) is 1. The van der Waals surface area contributed by atoms with Crippen LogP contribution in [0.3, 0.4) is 0 Å². The maximum atomic E-state index is 10.8. The Labute approximate surface area is 110 Å². The molecule has 0 saturated carbocycles. The van der Waals surface area contributed by atoms with Crippen molar-refractivity contribution in [2.24, 2.45) is 5.92 Å². The second-order valence-electron chi connectivity index (χ2n) is 4.59. The molecule has 1 N–H and O–H groups in total. The van der Waals surface area contributed by atoms with Gasteiger partial charge < -0.3 is 5.11 Å². The molecule has 2 rings (SSSR count). The minimum absolute atomic E-state index is 0.0937. The quantitative estimate of drug-likeness (QED) is 0.848. The smallest absolute Gasteiger partial charge is 0.303 e. The predicted octanol–water partition coefficient (Wildman–Crippen LogP) is 1.74. The topological polar surface area (TPSA) is 80.9 Å². The van der Waals surface area contributed by atoms with Crippen molar-refractivity contribution in [1.29, 1.82) is 0 Å². The van der Waals surface area contributed by atoms with Crippen LogP contribution in [0.25, 0.3) is 0 Å². The van der Waals surface area contributed by atoms with Crippen molar-refractivity contribution in [3.05, 3.63) is 5.82 Å². The van der Waals surface area contributed by atoms with Crippen LogP contribution in [-0.2, 0) is 11.3 Å². The van der Waals surface area contributed by atoms with E-state index in [0.29, 0.717) is 11.8 Å². The third-order valence-corrected chi connectivity index (χ3v) is 4.62. The third kappa shape index (κ3) is 3.22. The van der Waals surface area contributed by atoms with Crippen LogP contribution in [0, 0.1) is 5.92 Å². The number of nitrogens with zero attached hydrogens (tertiary/aromatic N) is 4. The molecular weight excluding hydrogens is 252 g/mol. The largest absolute Gasteiger partial charge is 0.481 e. The number of carboxylic acid groups (broad SMARTS) is 1. The highest BCUT2D eigenvalue weighted by Crippen LogP contribution is 2.38. The molecule has 18 heavy (non-hydrogen) atoms. The first-order chi connectivity index (χ1) is 8.70. The van der Waals surface area contributed by atoms with Gasteiger partial charge in [-0.3, -0.25) is 4.79 Å². The van der Waals surface area contributed by atoms with Crippen LogP contribution in [0.15, 0.2) is 0 Å². The van der Waals surface area contributed by atoms with Gasteiger partial charge in [0, 0.05) is 13.0 Å². The van der Waals surface area contributed by atoms with Crippen LogP contribution in [0.5, 0.6) is 0 Å². The Balaban J connectivity index is 2.03. The first kappa shape index (κ1) is 13.3. The molecule has 7 heteroatoms. The highest BCUT2D eigenvalue weighted by molar-refractivity contribution is 7.99. The molecule has 2 unspecified atom stereocenters. The van der Waals surface area contributed by atoms with Crippen molar-refractivity contribution in [2.75, 3.05) is 5.75 Å². The molecule has 1 aliphatic heterocycles. The standard InChI is InChI=1S/C11H18N4O2S/c1-2-8(6-10(16)17)7-15-11(12-13-14-15)9-4-3-5-18-9/h8-9H,2-7H2,1H3,(H,16,17). The lowest BCUT2D eigenvalue weighted by atomic mass is 10.0. The number of hydrogen-bond acceptors (Lipinski definition) is 5. The van der Waals surface area contributed by atoms with Crippen molar-refractivity contribution in [1.82, 2.24) is 20.2 Å². The number of carboxylic acids is 1. The Morgan fingerprint density at radius 2 is 2.50 bits per heavy atom. The number of carbonyl (C=O) groups is 1. The van der Waals surface area contributed by atoms with Crippen LogP contribution in [0.4, 0.5) is 0 Å². The minimum Gasteiger partial charge on any atom is -0.481 e. The molecule has 0 aliphatic carbocycles. The van der Waals surface area contributed by atoms with E-state index < -0.39 is 5.97 Å². The zero-order valence-corrected chi connectivity index (χ0v) is 11.3. The molecular formula is C11H18N4O2S. The molecule has 2 atom stereocenters. The molecule has 100 valence electrons. The molecule has 0 aromatic carbocycles. The SMILES string of the molecule is CCC(CC(=O)O)Cn1nnnc1C1CCCS1. The van der Waals surface area contributed by atoms with Crippen LogP contribution < -0.4 is 0 Å². The zero-order chi connectivity index (χ0) is 13.0. The monoisotopic (exact) mass is 270 g/mol. The molecule has 1 saturated heterocycles. The van der Waals surface area contributed by atoms with E-state index in [1.165, 1.54) is 6.42 Å². The molecule has 2 heterocycles. The summed E-state index contributed by atoms with van der Waals surface area (Å²) in [7, 11) is 0. The third-order valence-electron chi connectivity index (χ3n) is 3.25. The summed E-state index contributed by atoms with van der Waals surface area (Å²) in [6.45, 7) is 2.60. The van der Waals surface area contributed by atoms with Gasteiger partial charge >= 0.3 is 5.97 Å². The van der Waals surface area contributed by atoms with Crippen LogP contribution in [-0.4, -0.2) is 37.0 Å². The Morgan fingerprint density at radius 3 is 3.11 bits per heavy atom. The lowest BCUT2D eigenvalue weighted by Crippen LogP contribution is -2.17. The summed E-state index contributed by atoms with van der Waals surface area (Å²) in [5, 5.41) is 21.1. The summed E-state index contributed by atoms with van der Waals surface area (Å²) in [6, 6.07) is 0. The zero-order valence-electron chi connectivity index (χ0n) is 10.4. The summed E-state index contributed by atoms with van der Waals surface area (Å²) < 4.78 is 1.79. The number of aliphatic carboxylic acids is 1. The maximum absolute atomic E-state index is 10.8. The second-order valence-corrected chi connectivity index (χ2v) is 5.90. The minimum atomic E-state index is -0.758. The number of rotatable bonds is 6. The Bertz CT molecular complexity index is 404. The van der Waals surface area contributed by atoms with E-state index in [9.17, 15) is 4.79 Å². The Morgan fingerprint density at radius 1 is 1.67 bits per heavy atom. The average molecular weight is 270 g/mol. The van der Waals surface area contributed by atoms with E-state index in [-0.39, 0.29) is 12.3 Å². The normalized spacial score (nSPS) is 21.1. The first-order valence-electron chi connectivity index (χ1n) is 6.30. The molecule has 1 fully saturated rings. The van der Waals surface area contributed by atoms with Gasteiger partial charge in [-0.15, -0.1) is 5.10 Å². The van der Waals surface area contributed by atoms with Gasteiger partial charge in [0.05, 0.1) is 5.25 Å². The molecule has 0 bridgehead atoms. The molecule has 0 radical (unpaired) electrons. The van der Waals surface area contributed by atoms with Gasteiger partial charge in [-0.25, -0.2) is 4.68 Å². The van der Waals surface area contributed by atoms with Crippen molar-refractivity contribution in [2.45, 2.75) is 44.4 Å². The summed E-state index contributed by atoms with van der Waals surface area (Å²) in [5.74, 6) is 1.40.